The first-order chi connectivity index (χ1) is 21.4. The number of para-hydroxylation sites is 1. The van der Waals surface area contributed by atoms with Gasteiger partial charge in [-0.05, 0) is 43.2 Å². The lowest BCUT2D eigenvalue weighted by molar-refractivity contribution is -0.162. The second-order valence-corrected chi connectivity index (χ2v) is 12.7. The summed E-state index contributed by atoms with van der Waals surface area (Å²) in [6.45, 7) is 8.20. The number of esters is 1. The average Bonchev–Trinajstić information content (AvgIpc) is 3.62. The molecule has 0 N–H and O–H groups in total. The van der Waals surface area contributed by atoms with Crippen LogP contribution in [0.2, 0.25) is 0 Å². The van der Waals surface area contributed by atoms with E-state index in [-0.39, 0.29) is 30.6 Å². The van der Waals surface area contributed by atoms with Gasteiger partial charge >= 0.3 is 12.1 Å². The van der Waals surface area contributed by atoms with E-state index >= 15 is 0 Å². The van der Waals surface area contributed by atoms with Crippen LogP contribution in [0, 0.1) is 11.3 Å². The molecule has 3 aliphatic heterocycles. The Morgan fingerprint density at radius 1 is 1.13 bits per heavy atom. The van der Waals surface area contributed by atoms with Crippen molar-refractivity contribution in [3.8, 4) is 11.6 Å². The van der Waals surface area contributed by atoms with E-state index in [9.17, 15) is 22.8 Å². The summed E-state index contributed by atoms with van der Waals surface area (Å²) in [5, 5.41) is 0. The molecule has 0 saturated carbocycles. The number of benzene rings is 1. The maximum Gasteiger partial charge on any atom is 0.417 e. The number of aromatic nitrogens is 1. The minimum atomic E-state index is -4.63. The quantitative estimate of drug-likeness (QED) is 0.343. The van der Waals surface area contributed by atoms with Gasteiger partial charge in [0.15, 0.2) is 0 Å². The van der Waals surface area contributed by atoms with Crippen LogP contribution in [-0.4, -0.2) is 66.9 Å². The van der Waals surface area contributed by atoms with Gasteiger partial charge in [0.25, 0.3) is 5.91 Å². The number of fused-ring (bicyclic) bond motifs is 1. The molecule has 0 spiro atoms. The number of likely N-dealkylation sites (tertiary alicyclic amines) is 1. The number of hydrogen-bond acceptors (Lipinski definition) is 8. The number of pyridine rings is 1. The lowest BCUT2D eigenvalue weighted by Crippen LogP contribution is -2.51. The van der Waals surface area contributed by atoms with Gasteiger partial charge in [0.05, 0.1) is 44.6 Å². The molecule has 2 saturated heterocycles. The zero-order valence-corrected chi connectivity index (χ0v) is 26.3. The maximum absolute atomic E-state index is 14.5. The van der Waals surface area contributed by atoms with Crippen molar-refractivity contribution in [1.82, 2.24) is 9.88 Å². The van der Waals surface area contributed by atoms with Gasteiger partial charge in [-0.3, -0.25) is 4.79 Å². The van der Waals surface area contributed by atoms with Crippen molar-refractivity contribution >= 4 is 11.9 Å². The van der Waals surface area contributed by atoms with Crippen LogP contribution in [-0.2, 0) is 43.0 Å². The van der Waals surface area contributed by atoms with E-state index in [1.807, 2.05) is 39.0 Å². The summed E-state index contributed by atoms with van der Waals surface area (Å²) in [6.07, 6.45) is -2.73. The highest BCUT2D eigenvalue weighted by molar-refractivity contribution is 5.89. The molecule has 9 nitrogen and oxygen atoms in total. The molecule has 5 rings (SSSR count). The minimum Gasteiger partial charge on any atom is -0.493 e. The highest BCUT2D eigenvalue weighted by Gasteiger charge is 2.60. The lowest BCUT2D eigenvalue weighted by Gasteiger charge is -2.36. The molecule has 45 heavy (non-hydrogen) atoms. The lowest BCUT2D eigenvalue weighted by atomic mass is 9.73. The van der Waals surface area contributed by atoms with Crippen molar-refractivity contribution in [3.05, 3.63) is 52.7 Å². The van der Waals surface area contributed by atoms with E-state index in [2.05, 4.69) is 4.98 Å². The standard InChI is InChI=1S/C33H41F3N2O7/c1-6-42-31(40)26-24(32(2,3)4)28(45-18-20-16-21(33(34,35)36)17-37-29(20)41-5)25(22-11-9-10-19-13-15-44-27(19)22)38(26)30(39)23-12-7-8-14-43-23/h9-11,16-17,23-26,28H,6-8,12-15,18H2,1-5H3/t23-,24-,25-,26-,28-/m0/s1. The predicted molar refractivity (Wildman–Crippen MR) is 157 cm³/mol. The van der Waals surface area contributed by atoms with Crippen LogP contribution in [0.15, 0.2) is 30.5 Å². The van der Waals surface area contributed by atoms with Crippen LogP contribution in [0.4, 0.5) is 13.2 Å². The molecule has 3 aliphatic rings. The largest absolute Gasteiger partial charge is 0.493 e. The van der Waals surface area contributed by atoms with E-state index in [4.69, 9.17) is 23.7 Å². The first-order valence-corrected chi connectivity index (χ1v) is 15.4. The fourth-order valence-corrected chi connectivity index (χ4v) is 6.83. The first-order valence-electron chi connectivity index (χ1n) is 15.4. The van der Waals surface area contributed by atoms with Crippen LogP contribution >= 0.6 is 0 Å². The normalized spacial score (nSPS) is 25.1. The number of halogens is 3. The number of amides is 1. The molecule has 2 aromatic rings. The van der Waals surface area contributed by atoms with Crippen molar-refractivity contribution in [3.63, 3.8) is 0 Å². The predicted octanol–water partition coefficient (Wildman–Crippen LogP) is 5.68. The van der Waals surface area contributed by atoms with Crippen molar-refractivity contribution < 1.29 is 46.4 Å². The van der Waals surface area contributed by atoms with Crippen LogP contribution in [0.1, 0.15) is 75.3 Å². The van der Waals surface area contributed by atoms with Crippen LogP contribution < -0.4 is 9.47 Å². The molecule has 1 amide bonds. The third kappa shape index (κ3) is 6.63. The van der Waals surface area contributed by atoms with Gasteiger partial charge in [-0.25, -0.2) is 9.78 Å². The number of methoxy groups -OCH3 is 1. The molecular weight excluding hydrogens is 593 g/mol. The molecule has 0 radical (unpaired) electrons. The smallest absolute Gasteiger partial charge is 0.417 e. The molecule has 5 atom stereocenters. The number of hydrogen-bond donors (Lipinski definition) is 0. The molecule has 2 fully saturated rings. The molecule has 246 valence electrons. The fourth-order valence-electron chi connectivity index (χ4n) is 6.83. The number of carbonyl (C=O) groups excluding carboxylic acids is 2. The number of nitrogens with zero attached hydrogens (tertiary/aromatic N) is 2. The van der Waals surface area contributed by atoms with Gasteiger partial charge in [0.1, 0.15) is 17.9 Å². The topological polar surface area (TPSA) is 96.4 Å². The third-order valence-corrected chi connectivity index (χ3v) is 8.78. The Morgan fingerprint density at radius 2 is 1.91 bits per heavy atom. The van der Waals surface area contributed by atoms with Gasteiger partial charge in [-0.1, -0.05) is 39.0 Å². The molecule has 4 heterocycles. The molecule has 1 aromatic heterocycles. The van der Waals surface area contributed by atoms with Crippen molar-refractivity contribution in [2.45, 2.75) is 90.5 Å². The van der Waals surface area contributed by atoms with Crippen LogP contribution in [0.25, 0.3) is 0 Å². The van der Waals surface area contributed by atoms with E-state index in [0.717, 1.165) is 24.5 Å². The van der Waals surface area contributed by atoms with Gasteiger partial charge in [-0.15, -0.1) is 0 Å². The third-order valence-electron chi connectivity index (χ3n) is 8.78. The molecule has 0 bridgehead atoms. The minimum absolute atomic E-state index is 0.0146. The molecule has 0 unspecified atom stereocenters. The highest BCUT2D eigenvalue weighted by Crippen LogP contribution is 2.53. The zero-order chi connectivity index (χ0) is 32.5. The Hall–Kier alpha value is -3.38. The SMILES string of the molecule is CCOC(=O)[C@@H]1[C@H](C(C)(C)C)[C@H](OCc2cc(C(F)(F)F)cnc2OC)[C@H](c2cccc3c2OCC3)N1C(=O)[C@@H]1CCCCO1. The van der Waals surface area contributed by atoms with Crippen LogP contribution in [0.5, 0.6) is 11.6 Å². The Balaban J connectivity index is 1.66. The summed E-state index contributed by atoms with van der Waals surface area (Å²) in [6, 6.07) is 4.75. The van der Waals surface area contributed by atoms with E-state index < -0.39 is 53.3 Å². The van der Waals surface area contributed by atoms with Gasteiger partial charge in [-0.2, -0.15) is 13.2 Å². The molecule has 1 aromatic carbocycles. The summed E-state index contributed by atoms with van der Waals surface area (Å²) < 4.78 is 70.5. The Labute approximate surface area is 261 Å². The second kappa shape index (κ2) is 13.2. The summed E-state index contributed by atoms with van der Waals surface area (Å²) in [7, 11) is 1.32. The highest BCUT2D eigenvalue weighted by atomic mass is 19.4. The van der Waals surface area contributed by atoms with Crippen LogP contribution in [0.3, 0.4) is 0 Å². The molecular formula is C33H41F3N2O7. The zero-order valence-electron chi connectivity index (χ0n) is 26.3. The summed E-state index contributed by atoms with van der Waals surface area (Å²) in [5.74, 6) is -0.958. The molecule has 12 heteroatoms. The average molecular weight is 635 g/mol. The Bertz CT molecular complexity index is 1390. The summed E-state index contributed by atoms with van der Waals surface area (Å²) in [4.78, 5) is 33.8. The fraction of sp³-hybridized carbons (Fsp3) is 0.606. The van der Waals surface area contributed by atoms with Crippen molar-refractivity contribution in [2.75, 3.05) is 26.9 Å². The number of ether oxygens (including phenoxy) is 5. The molecule has 0 aliphatic carbocycles. The number of carbonyl (C=O) groups is 2. The van der Waals surface area contributed by atoms with E-state index in [0.29, 0.717) is 43.6 Å². The number of alkyl halides is 3. The van der Waals surface area contributed by atoms with Crippen molar-refractivity contribution in [1.29, 1.82) is 0 Å². The Kier molecular flexibility index (Phi) is 9.65. The van der Waals surface area contributed by atoms with Gasteiger partial charge in [0, 0.05) is 36.3 Å². The van der Waals surface area contributed by atoms with E-state index in [1.54, 1.807) is 11.8 Å². The van der Waals surface area contributed by atoms with Gasteiger partial charge in [0.2, 0.25) is 5.88 Å². The monoisotopic (exact) mass is 634 g/mol. The van der Waals surface area contributed by atoms with E-state index in [1.165, 1.54) is 7.11 Å². The second-order valence-electron chi connectivity index (χ2n) is 12.7. The number of rotatable bonds is 8. The van der Waals surface area contributed by atoms with Gasteiger partial charge < -0.3 is 28.6 Å². The maximum atomic E-state index is 14.5. The summed E-state index contributed by atoms with van der Waals surface area (Å²) >= 11 is 0. The van der Waals surface area contributed by atoms with Crippen molar-refractivity contribution in [2.24, 2.45) is 11.3 Å². The first kappa shape index (κ1) is 33.0. The summed E-state index contributed by atoms with van der Waals surface area (Å²) in [5.41, 5.74) is 0.138. The Morgan fingerprint density at radius 3 is 2.56 bits per heavy atom.